The van der Waals surface area contributed by atoms with Crippen LogP contribution in [0.1, 0.15) is 16.2 Å². The third-order valence-electron chi connectivity index (χ3n) is 4.01. The van der Waals surface area contributed by atoms with Crippen LogP contribution < -0.4 is 10.2 Å². The average molecular weight is 308 g/mol. The third-order valence-corrected chi connectivity index (χ3v) is 4.01. The molecule has 0 aliphatic rings. The molecule has 0 aliphatic heterocycles. The normalized spacial score (nSPS) is 10.8. The van der Waals surface area contributed by atoms with Crippen molar-refractivity contribution in [2.24, 2.45) is 7.05 Å². The lowest BCUT2D eigenvalue weighted by molar-refractivity contribution is 0.102. The molecule has 5 nitrogen and oxygen atoms in total. The van der Waals surface area contributed by atoms with Crippen molar-refractivity contribution in [2.75, 3.05) is 24.3 Å². The van der Waals surface area contributed by atoms with Crippen molar-refractivity contribution in [2.45, 2.75) is 6.92 Å². The minimum atomic E-state index is -0.132. The Balaban J connectivity index is 1.82. The average Bonchev–Trinajstić information content (AvgIpc) is 2.82. The van der Waals surface area contributed by atoms with E-state index < -0.39 is 0 Å². The summed E-state index contributed by atoms with van der Waals surface area (Å²) >= 11 is 0. The zero-order valence-electron chi connectivity index (χ0n) is 13.8. The number of anilines is 2. The number of aromatic nitrogens is 2. The molecule has 1 N–H and O–H groups in total. The summed E-state index contributed by atoms with van der Waals surface area (Å²) in [4.78, 5) is 18.9. The smallest absolute Gasteiger partial charge is 0.255 e. The van der Waals surface area contributed by atoms with Gasteiger partial charge in [0.05, 0.1) is 11.0 Å². The van der Waals surface area contributed by atoms with Crippen LogP contribution >= 0.6 is 0 Å². The standard InChI is InChI=1S/C18H20N4O/c1-12-19-16-11-13(5-10-17(16)22(12)4)18(23)20-14-6-8-15(9-7-14)21(2)3/h5-11H,1-4H3,(H,20,23). The minimum absolute atomic E-state index is 0.132. The number of nitrogens with one attached hydrogen (secondary N) is 1. The Morgan fingerprint density at radius 1 is 1.13 bits per heavy atom. The zero-order chi connectivity index (χ0) is 16.6. The molecule has 0 saturated heterocycles. The molecule has 23 heavy (non-hydrogen) atoms. The van der Waals surface area contributed by atoms with E-state index in [0.29, 0.717) is 5.56 Å². The molecule has 1 aromatic heterocycles. The number of hydrogen-bond donors (Lipinski definition) is 1. The Hall–Kier alpha value is -2.82. The zero-order valence-corrected chi connectivity index (χ0v) is 13.8. The lowest BCUT2D eigenvalue weighted by atomic mass is 10.1. The van der Waals surface area contributed by atoms with Crippen LogP contribution in [0.3, 0.4) is 0 Å². The van der Waals surface area contributed by atoms with Gasteiger partial charge in [-0.05, 0) is 49.4 Å². The lowest BCUT2D eigenvalue weighted by Crippen LogP contribution is -2.12. The number of amides is 1. The molecule has 5 heteroatoms. The quantitative estimate of drug-likeness (QED) is 0.808. The first-order valence-electron chi connectivity index (χ1n) is 7.47. The van der Waals surface area contributed by atoms with E-state index in [0.717, 1.165) is 28.2 Å². The lowest BCUT2D eigenvalue weighted by Gasteiger charge is -2.13. The molecule has 0 fully saturated rings. The van der Waals surface area contributed by atoms with Crippen LogP contribution in [0.15, 0.2) is 42.5 Å². The molecule has 0 bridgehead atoms. The molecule has 118 valence electrons. The first-order chi connectivity index (χ1) is 11.0. The molecule has 2 aromatic carbocycles. The van der Waals surface area contributed by atoms with Gasteiger partial charge in [-0.3, -0.25) is 4.79 Å². The summed E-state index contributed by atoms with van der Waals surface area (Å²) in [7, 11) is 5.94. The predicted octanol–water partition coefficient (Wildman–Crippen LogP) is 3.20. The summed E-state index contributed by atoms with van der Waals surface area (Å²) in [6, 6.07) is 13.3. The Bertz CT molecular complexity index is 863. The van der Waals surface area contributed by atoms with Crippen molar-refractivity contribution < 1.29 is 4.79 Å². The second-order valence-corrected chi connectivity index (χ2v) is 5.82. The highest BCUT2D eigenvalue weighted by Gasteiger charge is 2.10. The number of fused-ring (bicyclic) bond motifs is 1. The van der Waals surface area contributed by atoms with Gasteiger partial charge in [0.15, 0.2) is 0 Å². The van der Waals surface area contributed by atoms with Crippen molar-refractivity contribution >= 4 is 28.3 Å². The van der Waals surface area contributed by atoms with Gasteiger partial charge in [0.25, 0.3) is 5.91 Å². The van der Waals surface area contributed by atoms with Gasteiger partial charge in [0.2, 0.25) is 0 Å². The maximum atomic E-state index is 12.4. The predicted molar refractivity (Wildman–Crippen MR) is 94.2 cm³/mol. The summed E-state index contributed by atoms with van der Waals surface area (Å²) in [5, 5.41) is 2.92. The van der Waals surface area contributed by atoms with Crippen molar-refractivity contribution in [3.8, 4) is 0 Å². The number of aryl methyl sites for hydroxylation is 2. The van der Waals surface area contributed by atoms with Gasteiger partial charge in [-0.25, -0.2) is 4.98 Å². The van der Waals surface area contributed by atoms with Crippen LogP contribution in [0.4, 0.5) is 11.4 Å². The molecule has 0 aliphatic carbocycles. The fourth-order valence-electron chi connectivity index (χ4n) is 2.51. The van der Waals surface area contributed by atoms with E-state index in [9.17, 15) is 4.79 Å². The van der Waals surface area contributed by atoms with Crippen molar-refractivity contribution in [3.05, 3.63) is 53.9 Å². The SMILES string of the molecule is Cc1nc2cc(C(=O)Nc3ccc(N(C)C)cc3)ccc2n1C. The van der Waals surface area contributed by atoms with Crippen molar-refractivity contribution in [3.63, 3.8) is 0 Å². The van der Waals surface area contributed by atoms with Gasteiger partial charge >= 0.3 is 0 Å². The number of nitrogens with zero attached hydrogens (tertiary/aromatic N) is 3. The van der Waals surface area contributed by atoms with Gasteiger partial charge in [-0.15, -0.1) is 0 Å². The Labute approximate surface area is 135 Å². The van der Waals surface area contributed by atoms with Crippen LogP contribution in [0.2, 0.25) is 0 Å². The van der Waals surface area contributed by atoms with Crippen molar-refractivity contribution in [1.82, 2.24) is 9.55 Å². The topological polar surface area (TPSA) is 50.2 Å². The second-order valence-electron chi connectivity index (χ2n) is 5.82. The summed E-state index contributed by atoms with van der Waals surface area (Å²) in [6.45, 7) is 1.95. The van der Waals surface area contributed by atoms with Crippen LogP contribution in [-0.4, -0.2) is 29.6 Å². The van der Waals surface area contributed by atoms with Crippen LogP contribution in [0.5, 0.6) is 0 Å². The molecule has 0 spiro atoms. The molecule has 0 radical (unpaired) electrons. The fourth-order valence-corrected chi connectivity index (χ4v) is 2.51. The molecule has 3 aromatic rings. The monoisotopic (exact) mass is 308 g/mol. The number of rotatable bonds is 3. The summed E-state index contributed by atoms with van der Waals surface area (Å²) in [5.74, 6) is 0.796. The van der Waals surface area contributed by atoms with Gasteiger partial charge in [-0.1, -0.05) is 0 Å². The highest BCUT2D eigenvalue weighted by Crippen LogP contribution is 2.19. The van der Waals surface area contributed by atoms with E-state index in [1.54, 1.807) is 0 Å². The maximum Gasteiger partial charge on any atom is 0.255 e. The van der Waals surface area contributed by atoms with Crippen LogP contribution in [0, 0.1) is 6.92 Å². The first kappa shape index (κ1) is 15.1. The third kappa shape index (κ3) is 2.90. The summed E-state index contributed by atoms with van der Waals surface area (Å²) in [5.41, 5.74) is 4.33. The maximum absolute atomic E-state index is 12.4. The Kier molecular flexibility index (Phi) is 3.78. The van der Waals surface area contributed by atoms with Crippen LogP contribution in [0.25, 0.3) is 11.0 Å². The van der Waals surface area contributed by atoms with Crippen LogP contribution in [-0.2, 0) is 7.05 Å². The number of hydrogen-bond acceptors (Lipinski definition) is 3. The molecular formula is C18H20N4O. The van der Waals surface area contributed by atoms with Crippen molar-refractivity contribution in [1.29, 1.82) is 0 Å². The molecule has 3 rings (SSSR count). The highest BCUT2D eigenvalue weighted by atomic mass is 16.1. The van der Waals surface area contributed by atoms with Gasteiger partial charge in [-0.2, -0.15) is 0 Å². The molecule has 0 unspecified atom stereocenters. The van der Waals surface area contributed by atoms with E-state index in [1.165, 1.54) is 0 Å². The molecule has 1 amide bonds. The Morgan fingerprint density at radius 3 is 2.48 bits per heavy atom. The van der Waals surface area contributed by atoms with E-state index in [-0.39, 0.29) is 5.91 Å². The molecule has 0 saturated carbocycles. The molecular weight excluding hydrogens is 288 g/mol. The minimum Gasteiger partial charge on any atom is -0.378 e. The van der Waals surface area contributed by atoms with Gasteiger partial charge in [0.1, 0.15) is 5.82 Å². The fraction of sp³-hybridized carbons (Fsp3) is 0.222. The number of benzene rings is 2. The number of carbonyl (C=O) groups excluding carboxylic acids is 1. The number of imidazole rings is 1. The summed E-state index contributed by atoms with van der Waals surface area (Å²) < 4.78 is 2.01. The molecule has 1 heterocycles. The summed E-state index contributed by atoms with van der Waals surface area (Å²) in [6.07, 6.45) is 0. The second kappa shape index (κ2) is 5.76. The van der Waals surface area contributed by atoms with E-state index in [1.807, 2.05) is 80.0 Å². The highest BCUT2D eigenvalue weighted by molar-refractivity contribution is 6.06. The number of carbonyl (C=O) groups is 1. The van der Waals surface area contributed by atoms with E-state index in [4.69, 9.17) is 0 Å². The largest absolute Gasteiger partial charge is 0.378 e. The van der Waals surface area contributed by atoms with E-state index in [2.05, 4.69) is 10.3 Å². The van der Waals surface area contributed by atoms with E-state index >= 15 is 0 Å². The first-order valence-corrected chi connectivity index (χ1v) is 7.47. The van der Waals surface area contributed by atoms with Gasteiger partial charge in [0, 0.05) is 38.1 Å². The van der Waals surface area contributed by atoms with Gasteiger partial charge < -0.3 is 14.8 Å². The molecule has 0 atom stereocenters. The Morgan fingerprint density at radius 2 is 1.83 bits per heavy atom.